The average Bonchev–Trinajstić information content (AvgIpc) is 2.84. The number of rotatable bonds is 2. The lowest BCUT2D eigenvalue weighted by Gasteiger charge is -2.05. The van der Waals surface area contributed by atoms with Crippen LogP contribution in [0.3, 0.4) is 0 Å². The molecule has 1 heterocycles. The minimum Gasteiger partial charge on any atom is -0.465 e. The Kier molecular flexibility index (Phi) is 2.91. The summed E-state index contributed by atoms with van der Waals surface area (Å²) in [5.41, 5.74) is 0.0956. The fourth-order valence-electron chi connectivity index (χ4n) is 1.52. The van der Waals surface area contributed by atoms with Gasteiger partial charge < -0.3 is 9.72 Å². The lowest BCUT2D eigenvalue weighted by Crippen LogP contribution is -2.05. The Balaban J connectivity index is 2.53. The smallest absolute Gasteiger partial charge is 0.340 e. The van der Waals surface area contributed by atoms with Crippen LogP contribution in [0, 0.1) is 11.6 Å². The molecular formula is C12H9F2NO2. The van der Waals surface area contributed by atoms with Gasteiger partial charge in [0, 0.05) is 17.5 Å². The molecule has 0 spiro atoms. The summed E-state index contributed by atoms with van der Waals surface area (Å²) in [5, 5.41) is 0. The first-order valence-corrected chi connectivity index (χ1v) is 4.84. The highest BCUT2D eigenvalue weighted by atomic mass is 19.1. The van der Waals surface area contributed by atoms with E-state index in [0.717, 1.165) is 19.2 Å². The van der Waals surface area contributed by atoms with Crippen molar-refractivity contribution in [3.05, 3.63) is 47.7 Å². The number of benzene rings is 1. The normalized spacial score (nSPS) is 10.3. The van der Waals surface area contributed by atoms with Crippen LogP contribution in [0.4, 0.5) is 8.78 Å². The van der Waals surface area contributed by atoms with E-state index in [-0.39, 0.29) is 5.56 Å². The molecule has 1 aromatic carbocycles. The van der Waals surface area contributed by atoms with Crippen LogP contribution in [0.5, 0.6) is 0 Å². The van der Waals surface area contributed by atoms with Crippen LogP contribution in [0.25, 0.3) is 11.3 Å². The van der Waals surface area contributed by atoms with E-state index in [9.17, 15) is 13.6 Å². The highest BCUT2D eigenvalue weighted by Crippen LogP contribution is 2.24. The first kappa shape index (κ1) is 11.3. The molecule has 0 saturated heterocycles. The van der Waals surface area contributed by atoms with Crippen LogP contribution in [0.2, 0.25) is 0 Å². The van der Waals surface area contributed by atoms with Gasteiger partial charge in [0.05, 0.1) is 12.7 Å². The molecule has 0 radical (unpaired) electrons. The molecule has 17 heavy (non-hydrogen) atoms. The minimum absolute atomic E-state index is 0.0696. The molecule has 2 rings (SSSR count). The van der Waals surface area contributed by atoms with E-state index in [1.807, 2.05) is 0 Å². The molecule has 0 aliphatic heterocycles. The van der Waals surface area contributed by atoms with Gasteiger partial charge in [0.25, 0.3) is 0 Å². The third-order valence-electron chi connectivity index (χ3n) is 2.35. The molecule has 0 amide bonds. The second-order valence-electron chi connectivity index (χ2n) is 3.39. The van der Waals surface area contributed by atoms with E-state index in [4.69, 9.17) is 0 Å². The van der Waals surface area contributed by atoms with Gasteiger partial charge in [0.15, 0.2) is 0 Å². The molecule has 3 nitrogen and oxygen atoms in total. The standard InChI is InChI=1S/C12H9F2NO2/c1-17-12(16)8-6-9(13)7(5-10(8)14)11-3-2-4-15-11/h2-6,15H,1H3. The zero-order valence-corrected chi connectivity index (χ0v) is 8.96. The summed E-state index contributed by atoms with van der Waals surface area (Å²) in [4.78, 5) is 13.9. The maximum absolute atomic E-state index is 13.7. The number of H-pyrrole nitrogens is 1. The number of hydrogen-bond acceptors (Lipinski definition) is 2. The fraction of sp³-hybridized carbons (Fsp3) is 0.0833. The number of methoxy groups -OCH3 is 1. The molecule has 0 saturated carbocycles. The SMILES string of the molecule is COC(=O)c1cc(F)c(-c2ccc[nH]2)cc1F. The molecule has 0 unspecified atom stereocenters. The van der Waals surface area contributed by atoms with Gasteiger partial charge in [-0.3, -0.25) is 0 Å². The molecule has 88 valence electrons. The molecule has 1 aromatic heterocycles. The Bertz CT molecular complexity index is 550. The first-order valence-electron chi connectivity index (χ1n) is 4.84. The third kappa shape index (κ3) is 2.04. The van der Waals surface area contributed by atoms with Gasteiger partial charge in [-0.2, -0.15) is 0 Å². The van der Waals surface area contributed by atoms with Crippen LogP contribution in [-0.4, -0.2) is 18.1 Å². The topological polar surface area (TPSA) is 42.1 Å². The molecule has 0 aliphatic rings. The van der Waals surface area contributed by atoms with Crippen molar-refractivity contribution in [3.63, 3.8) is 0 Å². The van der Waals surface area contributed by atoms with Crippen molar-refractivity contribution in [3.8, 4) is 11.3 Å². The van der Waals surface area contributed by atoms with Crippen molar-refractivity contribution in [1.82, 2.24) is 4.98 Å². The lowest BCUT2D eigenvalue weighted by atomic mass is 10.1. The Morgan fingerprint density at radius 2 is 2.06 bits per heavy atom. The van der Waals surface area contributed by atoms with Crippen LogP contribution >= 0.6 is 0 Å². The van der Waals surface area contributed by atoms with Gasteiger partial charge in [-0.15, -0.1) is 0 Å². The Morgan fingerprint density at radius 1 is 1.29 bits per heavy atom. The molecule has 5 heteroatoms. The van der Waals surface area contributed by atoms with Gasteiger partial charge >= 0.3 is 5.97 Å². The summed E-state index contributed by atoms with van der Waals surface area (Å²) in [7, 11) is 1.11. The van der Waals surface area contributed by atoms with Crippen molar-refractivity contribution in [2.75, 3.05) is 7.11 Å². The molecule has 2 aromatic rings. The van der Waals surface area contributed by atoms with E-state index in [1.54, 1.807) is 18.3 Å². The summed E-state index contributed by atoms with van der Waals surface area (Å²) in [6.45, 7) is 0. The molecule has 0 bridgehead atoms. The Hall–Kier alpha value is -2.17. The molecule has 1 N–H and O–H groups in total. The number of halogens is 2. The summed E-state index contributed by atoms with van der Waals surface area (Å²) >= 11 is 0. The molecule has 0 atom stereocenters. The number of esters is 1. The van der Waals surface area contributed by atoms with Gasteiger partial charge in [-0.1, -0.05) is 0 Å². The van der Waals surface area contributed by atoms with Crippen molar-refractivity contribution in [2.45, 2.75) is 0 Å². The number of carbonyl (C=O) groups is 1. The predicted molar refractivity (Wildman–Crippen MR) is 57.5 cm³/mol. The lowest BCUT2D eigenvalue weighted by molar-refractivity contribution is 0.0595. The number of aromatic nitrogens is 1. The minimum atomic E-state index is -0.903. The zero-order chi connectivity index (χ0) is 12.4. The maximum atomic E-state index is 13.7. The second-order valence-corrected chi connectivity index (χ2v) is 3.39. The van der Waals surface area contributed by atoms with E-state index >= 15 is 0 Å². The van der Waals surface area contributed by atoms with Crippen LogP contribution in [0.1, 0.15) is 10.4 Å². The summed E-state index contributed by atoms with van der Waals surface area (Å²) in [5.74, 6) is -2.41. The van der Waals surface area contributed by atoms with Crippen LogP contribution in [-0.2, 0) is 4.74 Å². The van der Waals surface area contributed by atoms with Gasteiger partial charge in [-0.05, 0) is 24.3 Å². The number of aromatic amines is 1. The van der Waals surface area contributed by atoms with Crippen molar-refractivity contribution >= 4 is 5.97 Å². The highest BCUT2D eigenvalue weighted by Gasteiger charge is 2.17. The predicted octanol–water partition coefficient (Wildman–Crippen LogP) is 2.75. The van der Waals surface area contributed by atoms with Crippen molar-refractivity contribution < 1.29 is 18.3 Å². The highest BCUT2D eigenvalue weighted by molar-refractivity contribution is 5.90. The summed E-state index contributed by atoms with van der Waals surface area (Å²) < 4.78 is 31.6. The number of hydrogen-bond donors (Lipinski definition) is 1. The first-order chi connectivity index (χ1) is 8.13. The summed E-state index contributed by atoms with van der Waals surface area (Å²) in [6, 6.07) is 5.07. The van der Waals surface area contributed by atoms with Gasteiger partial charge in [-0.25, -0.2) is 13.6 Å². The van der Waals surface area contributed by atoms with Gasteiger partial charge in [0.1, 0.15) is 11.6 Å². The van der Waals surface area contributed by atoms with Crippen molar-refractivity contribution in [2.24, 2.45) is 0 Å². The fourth-order valence-corrected chi connectivity index (χ4v) is 1.52. The zero-order valence-electron chi connectivity index (χ0n) is 8.96. The van der Waals surface area contributed by atoms with Crippen LogP contribution in [0.15, 0.2) is 30.5 Å². The average molecular weight is 237 g/mol. The molecule has 0 aliphatic carbocycles. The molecular weight excluding hydrogens is 228 g/mol. The van der Waals surface area contributed by atoms with E-state index in [0.29, 0.717) is 5.69 Å². The Morgan fingerprint density at radius 3 is 2.65 bits per heavy atom. The Labute approximate surface area is 96.0 Å². The quantitative estimate of drug-likeness (QED) is 0.816. The largest absolute Gasteiger partial charge is 0.465 e. The van der Waals surface area contributed by atoms with Crippen molar-refractivity contribution in [1.29, 1.82) is 0 Å². The maximum Gasteiger partial charge on any atom is 0.340 e. The second kappa shape index (κ2) is 4.37. The van der Waals surface area contributed by atoms with E-state index in [2.05, 4.69) is 9.72 Å². The number of carbonyl (C=O) groups excluding carboxylic acids is 1. The van der Waals surface area contributed by atoms with Crippen LogP contribution < -0.4 is 0 Å². The van der Waals surface area contributed by atoms with Gasteiger partial charge in [0.2, 0.25) is 0 Å². The number of nitrogens with one attached hydrogen (secondary N) is 1. The van der Waals surface area contributed by atoms with E-state index in [1.165, 1.54) is 0 Å². The monoisotopic (exact) mass is 237 g/mol. The van der Waals surface area contributed by atoms with E-state index < -0.39 is 23.2 Å². The number of ether oxygens (including phenoxy) is 1. The third-order valence-corrected chi connectivity index (χ3v) is 2.35. The summed E-state index contributed by atoms with van der Waals surface area (Å²) in [6.07, 6.45) is 1.60. The molecule has 0 fully saturated rings.